The average Bonchev–Trinajstić information content (AvgIpc) is 3.18. The number of carbonyl (C=O) groups excluding carboxylic acids is 3. The zero-order chi connectivity index (χ0) is 30.8. The highest BCUT2D eigenvalue weighted by atomic mass is 32.5. The quantitative estimate of drug-likeness (QED) is 0.216. The van der Waals surface area contributed by atoms with Gasteiger partial charge in [-0.15, -0.1) is 0 Å². The van der Waals surface area contributed by atoms with Crippen molar-refractivity contribution >= 4 is 46.9 Å². The van der Waals surface area contributed by atoms with Crippen LogP contribution in [-0.4, -0.2) is 76.9 Å². The molecule has 1 saturated heterocycles. The van der Waals surface area contributed by atoms with Crippen LogP contribution in [0, 0.1) is 0 Å². The summed E-state index contributed by atoms with van der Waals surface area (Å²) in [7, 11) is 0. The minimum absolute atomic E-state index is 0.204. The second kappa shape index (κ2) is 12.8. The highest BCUT2D eigenvalue weighted by Crippen LogP contribution is 2.50. The standard InChI is InChI=1S/C27H30F3N2O8PS/c1-15(2)38-25(36)16(3)31-41(42,40-20-10-6-8-17-7-4-5-9-19(17)20)37-14-27(26(29)30)23(28)22(35)24(39-27)32-12-11-18(33)13-21(32)34/h4-12,15-16,22-24,26,35H,13-14H2,1-3H3,(H,31,42)/t16-,22+,23+,24+,27+,41?/m0/s1. The van der Waals surface area contributed by atoms with E-state index in [1.165, 1.54) is 6.92 Å². The molecule has 2 heterocycles. The predicted octanol–water partition coefficient (Wildman–Crippen LogP) is 3.76. The number of nitrogens with one attached hydrogen (secondary N) is 1. The van der Waals surface area contributed by atoms with Crippen molar-refractivity contribution in [3.63, 3.8) is 0 Å². The van der Waals surface area contributed by atoms with E-state index in [1.807, 2.05) is 0 Å². The number of aliphatic hydroxyl groups excluding tert-OH is 1. The Balaban J connectivity index is 1.65. The van der Waals surface area contributed by atoms with Gasteiger partial charge >= 0.3 is 12.6 Å². The van der Waals surface area contributed by atoms with Crippen LogP contribution in [0.4, 0.5) is 13.2 Å². The molecule has 0 aromatic heterocycles. The van der Waals surface area contributed by atoms with Gasteiger partial charge in [0.05, 0.1) is 19.1 Å². The fourth-order valence-electron chi connectivity index (χ4n) is 4.44. The molecule has 228 valence electrons. The van der Waals surface area contributed by atoms with E-state index in [0.717, 1.165) is 17.7 Å². The van der Waals surface area contributed by atoms with E-state index in [2.05, 4.69) is 5.09 Å². The summed E-state index contributed by atoms with van der Waals surface area (Å²) < 4.78 is 67.0. The van der Waals surface area contributed by atoms with Crippen molar-refractivity contribution in [2.24, 2.45) is 0 Å². The number of ketones is 1. The van der Waals surface area contributed by atoms with Gasteiger partial charge in [-0.2, -0.15) is 0 Å². The summed E-state index contributed by atoms with van der Waals surface area (Å²) in [6.45, 7) is -0.527. The molecule has 2 aliphatic heterocycles. The number of hydrogen-bond acceptors (Lipinski definition) is 9. The van der Waals surface area contributed by atoms with Crippen LogP contribution in [0.3, 0.4) is 0 Å². The number of rotatable bonds is 11. The van der Waals surface area contributed by atoms with Gasteiger partial charge in [0.25, 0.3) is 6.43 Å². The second-order valence-corrected chi connectivity index (χ2v) is 13.2. The monoisotopic (exact) mass is 630 g/mol. The third kappa shape index (κ3) is 6.69. The fourth-order valence-corrected chi connectivity index (χ4v) is 6.86. The maximum Gasteiger partial charge on any atom is 0.323 e. The molecule has 0 aliphatic carbocycles. The van der Waals surface area contributed by atoms with Gasteiger partial charge < -0.3 is 23.6 Å². The number of amides is 1. The normalized spacial score (nSPS) is 26.6. The first kappa shape index (κ1) is 32.1. The van der Waals surface area contributed by atoms with Crippen LogP contribution in [-0.2, 0) is 40.2 Å². The van der Waals surface area contributed by atoms with Gasteiger partial charge in [-0.05, 0) is 50.1 Å². The molecule has 1 unspecified atom stereocenters. The van der Waals surface area contributed by atoms with Gasteiger partial charge in [0.1, 0.15) is 17.9 Å². The smallest absolute Gasteiger partial charge is 0.323 e. The molecule has 2 aliphatic rings. The largest absolute Gasteiger partial charge is 0.462 e. The van der Waals surface area contributed by atoms with Crippen LogP contribution in [0.1, 0.15) is 27.2 Å². The van der Waals surface area contributed by atoms with Crippen molar-refractivity contribution < 1.29 is 51.2 Å². The number of ether oxygens (including phenoxy) is 2. The van der Waals surface area contributed by atoms with Crippen molar-refractivity contribution in [3.05, 3.63) is 54.7 Å². The molecule has 2 aromatic carbocycles. The van der Waals surface area contributed by atoms with Crippen LogP contribution in [0.15, 0.2) is 54.7 Å². The summed E-state index contributed by atoms with van der Waals surface area (Å²) in [5.74, 6) is -1.94. The van der Waals surface area contributed by atoms with Gasteiger partial charge in [0.15, 0.2) is 23.8 Å². The Kier molecular flexibility index (Phi) is 9.75. The van der Waals surface area contributed by atoms with Crippen molar-refractivity contribution in [3.8, 4) is 5.75 Å². The predicted molar refractivity (Wildman–Crippen MR) is 149 cm³/mol. The molecule has 1 amide bonds. The summed E-state index contributed by atoms with van der Waals surface area (Å²) in [6.07, 6.45) is -9.55. The van der Waals surface area contributed by atoms with Crippen LogP contribution < -0.4 is 9.61 Å². The summed E-state index contributed by atoms with van der Waals surface area (Å²) in [6, 6.07) is 11.0. The lowest BCUT2D eigenvalue weighted by atomic mass is 9.98. The minimum atomic E-state index is -3.97. The molecule has 0 saturated carbocycles. The summed E-state index contributed by atoms with van der Waals surface area (Å²) in [5, 5.41) is 14.6. The number of carbonyl (C=O) groups is 3. The molecule has 4 rings (SSSR count). The Morgan fingerprint density at radius 3 is 2.57 bits per heavy atom. The van der Waals surface area contributed by atoms with Gasteiger partial charge in [0, 0.05) is 11.6 Å². The SMILES string of the molecule is CC(C)OC(=O)[C@H](C)NP(=S)(OC[C@@]1(C(F)F)O[C@@H](N2C=CC(=O)CC2=O)[C@H](O)[C@H]1F)Oc1cccc2ccccc12. The molecule has 0 bridgehead atoms. The summed E-state index contributed by atoms with van der Waals surface area (Å²) in [5.41, 5.74) is -3.09. The number of benzene rings is 2. The summed E-state index contributed by atoms with van der Waals surface area (Å²) >= 11 is 5.63. The lowest BCUT2D eigenvalue weighted by Gasteiger charge is -2.34. The number of nitrogens with zero attached hydrogens (tertiary/aromatic N) is 1. The number of aliphatic hydroxyl groups is 1. The first-order chi connectivity index (χ1) is 19.8. The van der Waals surface area contributed by atoms with Gasteiger partial charge in [-0.3, -0.25) is 19.3 Å². The molecule has 2 N–H and O–H groups in total. The second-order valence-electron chi connectivity index (χ2n) is 10.1. The third-order valence-electron chi connectivity index (χ3n) is 6.56. The molecule has 15 heteroatoms. The van der Waals surface area contributed by atoms with Crippen LogP contribution in [0.2, 0.25) is 0 Å². The zero-order valence-electron chi connectivity index (χ0n) is 22.8. The lowest BCUT2D eigenvalue weighted by molar-refractivity contribution is -0.192. The molecular weight excluding hydrogens is 600 g/mol. The maximum atomic E-state index is 15.5. The minimum Gasteiger partial charge on any atom is -0.462 e. The third-order valence-corrected chi connectivity index (χ3v) is 9.03. The van der Waals surface area contributed by atoms with E-state index < -0.39 is 80.0 Å². The molecule has 42 heavy (non-hydrogen) atoms. The number of alkyl halides is 3. The zero-order valence-corrected chi connectivity index (χ0v) is 24.5. The Labute approximate surface area is 245 Å². The van der Waals surface area contributed by atoms with E-state index in [1.54, 1.807) is 56.3 Å². The Morgan fingerprint density at radius 2 is 1.90 bits per heavy atom. The van der Waals surface area contributed by atoms with E-state index in [4.69, 9.17) is 30.3 Å². The van der Waals surface area contributed by atoms with Crippen molar-refractivity contribution in [2.75, 3.05) is 6.61 Å². The van der Waals surface area contributed by atoms with Crippen LogP contribution in [0.25, 0.3) is 10.8 Å². The van der Waals surface area contributed by atoms with E-state index in [-0.39, 0.29) is 5.75 Å². The number of fused-ring (bicyclic) bond motifs is 1. The molecule has 0 spiro atoms. The fraction of sp³-hybridized carbons (Fsp3) is 0.444. The van der Waals surface area contributed by atoms with Crippen LogP contribution >= 0.6 is 6.64 Å². The maximum absolute atomic E-state index is 15.5. The number of hydrogen-bond donors (Lipinski definition) is 2. The number of halogens is 3. The molecule has 10 nitrogen and oxygen atoms in total. The molecular formula is C27H30F3N2O8PS. The molecule has 0 radical (unpaired) electrons. The first-order valence-electron chi connectivity index (χ1n) is 13.0. The lowest BCUT2D eigenvalue weighted by Crippen LogP contribution is -2.51. The van der Waals surface area contributed by atoms with E-state index in [9.17, 15) is 28.3 Å². The van der Waals surface area contributed by atoms with Gasteiger partial charge in [0.2, 0.25) is 5.91 Å². The Bertz CT molecular complexity index is 1420. The highest BCUT2D eigenvalue weighted by Gasteiger charge is 2.63. The number of esters is 1. The van der Waals surface area contributed by atoms with Crippen LogP contribution in [0.5, 0.6) is 5.75 Å². The van der Waals surface area contributed by atoms with Crippen molar-refractivity contribution in [1.82, 2.24) is 9.99 Å². The van der Waals surface area contributed by atoms with Crippen molar-refractivity contribution in [2.45, 2.75) is 69.9 Å². The summed E-state index contributed by atoms with van der Waals surface area (Å²) in [4.78, 5) is 37.1. The molecule has 2 aromatic rings. The van der Waals surface area contributed by atoms with Crippen molar-refractivity contribution in [1.29, 1.82) is 0 Å². The van der Waals surface area contributed by atoms with E-state index in [0.29, 0.717) is 10.3 Å². The molecule has 1 fully saturated rings. The average molecular weight is 631 g/mol. The number of allylic oxidation sites excluding steroid dienone is 1. The topological polar surface area (TPSA) is 124 Å². The molecule has 6 atom stereocenters. The highest BCUT2D eigenvalue weighted by molar-refractivity contribution is 8.09. The first-order valence-corrected chi connectivity index (χ1v) is 15.6. The van der Waals surface area contributed by atoms with Gasteiger partial charge in [-0.25, -0.2) is 18.3 Å². The van der Waals surface area contributed by atoms with E-state index >= 15 is 4.39 Å². The Morgan fingerprint density at radius 1 is 1.21 bits per heavy atom. The van der Waals surface area contributed by atoms with Gasteiger partial charge in [-0.1, -0.05) is 36.4 Å². The Hall–Kier alpha value is -2.87.